The Labute approximate surface area is 213 Å². The molecule has 0 bridgehead atoms. The summed E-state index contributed by atoms with van der Waals surface area (Å²) in [5, 5.41) is 8.40. The Balaban J connectivity index is 1.83. The summed E-state index contributed by atoms with van der Waals surface area (Å²) in [4.78, 5) is 65.7. The second kappa shape index (κ2) is 9.34. The molecule has 1 heterocycles. The number of hydrogen-bond acceptors (Lipinski definition) is 5. The molecule has 0 aromatic carbocycles. The third-order valence-corrected chi connectivity index (χ3v) is 7.78. The maximum Gasteiger partial charge on any atom is 0.315 e. The van der Waals surface area contributed by atoms with E-state index in [1.165, 1.54) is 0 Å². The quantitative estimate of drug-likeness (QED) is 0.367. The van der Waals surface area contributed by atoms with Crippen LogP contribution in [0.5, 0.6) is 0 Å². The standard InChI is InChI=1S/C26H43N5O5/c1-24(2,3)19(29-23(36)30-25(4,5)6)22(35)31-12-14-16(26(14,7)8)17(31)21(34)28-15(11-13-9-10-13)18(32)20(27)33/h13-17,19H,9-12H2,1-8H3,(H2,27,33)(H,28,34)(H2,29,30,36)/t14?,15?,16?,17-,19+/m0/s1. The lowest BCUT2D eigenvalue weighted by Gasteiger charge is -2.38. The summed E-state index contributed by atoms with van der Waals surface area (Å²) in [6.07, 6.45) is 2.25. The van der Waals surface area contributed by atoms with E-state index in [0.29, 0.717) is 13.0 Å². The van der Waals surface area contributed by atoms with E-state index in [-0.39, 0.29) is 29.1 Å². The van der Waals surface area contributed by atoms with Gasteiger partial charge in [-0.2, -0.15) is 0 Å². The van der Waals surface area contributed by atoms with Gasteiger partial charge in [0.2, 0.25) is 17.6 Å². The first kappa shape index (κ1) is 27.9. The third-order valence-electron chi connectivity index (χ3n) is 7.78. The van der Waals surface area contributed by atoms with Crippen molar-refractivity contribution in [2.45, 2.75) is 98.3 Å². The first-order chi connectivity index (χ1) is 16.3. The van der Waals surface area contributed by atoms with Crippen LogP contribution < -0.4 is 21.7 Å². The van der Waals surface area contributed by atoms with Gasteiger partial charge in [0.25, 0.3) is 5.91 Å². The van der Waals surface area contributed by atoms with Crippen molar-refractivity contribution >= 4 is 29.5 Å². The predicted octanol–water partition coefficient (Wildman–Crippen LogP) is 1.32. The van der Waals surface area contributed by atoms with Gasteiger partial charge < -0.3 is 26.6 Å². The van der Waals surface area contributed by atoms with Crippen LogP contribution in [0, 0.1) is 28.6 Å². The average Bonchev–Trinajstić information content (AvgIpc) is 3.55. The SMILES string of the molecule is CC(C)(C)NC(=O)N[C@H](C(=O)N1CC2C([C@H]1C(=O)NC(CC1CC1)C(=O)C(N)=O)C2(C)C)C(C)(C)C. The summed E-state index contributed by atoms with van der Waals surface area (Å²) >= 11 is 0. The summed E-state index contributed by atoms with van der Waals surface area (Å²) in [6, 6.07) is -3.12. The smallest absolute Gasteiger partial charge is 0.315 e. The maximum atomic E-state index is 13.9. The molecular formula is C26H43N5O5. The van der Waals surface area contributed by atoms with E-state index in [1.807, 2.05) is 41.5 Å². The van der Waals surface area contributed by atoms with Gasteiger partial charge in [-0.3, -0.25) is 19.2 Å². The fourth-order valence-electron chi connectivity index (χ4n) is 5.48. The van der Waals surface area contributed by atoms with Gasteiger partial charge in [-0.05, 0) is 55.8 Å². The molecule has 3 rings (SSSR count). The van der Waals surface area contributed by atoms with Crippen molar-refractivity contribution in [2.24, 2.45) is 34.3 Å². The Morgan fingerprint density at radius 2 is 1.58 bits per heavy atom. The van der Waals surface area contributed by atoms with Gasteiger partial charge in [-0.15, -0.1) is 0 Å². The highest BCUT2D eigenvalue weighted by Crippen LogP contribution is 2.65. The topological polar surface area (TPSA) is 151 Å². The molecule has 0 radical (unpaired) electrons. The zero-order chi connectivity index (χ0) is 27.4. The van der Waals surface area contributed by atoms with Gasteiger partial charge >= 0.3 is 6.03 Å². The van der Waals surface area contributed by atoms with E-state index in [2.05, 4.69) is 29.8 Å². The van der Waals surface area contributed by atoms with Gasteiger partial charge in [0.05, 0.1) is 6.04 Å². The lowest BCUT2D eigenvalue weighted by atomic mass is 9.85. The van der Waals surface area contributed by atoms with Crippen LogP contribution in [0.1, 0.15) is 74.7 Å². The number of rotatable bonds is 8. The van der Waals surface area contributed by atoms with E-state index in [4.69, 9.17) is 5.73 Å². The first-order valence-electron chi connectivity index (χ1n) is 12.9. The van der Waals surface area contributed by atoms with Gasteiger partial charge in [0.1, 0.15) is 12.1 Å². The Morgan fingerprint density at radius 1 is 1.00 bits per heavy atom. The highest BCUT2D eigenvalue weighted by atomic mass is 16.2. The Kier molecular flexibility index (Phi) is 7.24. The van der Waals surface area contributed by atoms with Gasteiger partial charge in [-0.25, -0.2) is 4.79 Å². The minimum Gasteiger partial charge on any atom is -0.363 e. The van der Waals surface area contributed by atoms with Crippen molar-refractivity contribution in [3.8, 4) is 0 Å². The number of nitrogens with zero attached hydrogens (tertiary/aromatic N) is 1. The number of hydrogen-bond donors (Lipinski definition) is 4. The summed E-state index contributed by atoms with van der Waals surface area (Å²) in [7, 11) is 0. The molecule has 10 heteroatoms. The van der Waals surface area contributed by atoms with E-state index in [0.717, 1.165) is 12.8 Å². The van der Waals surface area contributed by atoms with Crippen molar-refractivity contribution < 1.29 is 24.0 Å². The predicted molar refractivity (Wildman–Crippen MR) is 134 cm³/mol. The first-order valence-corrected chi connectivity index (χ1v) is 12.9. The lowest BCUT2D eigenvalue weighted by molar-refractivity contribution is -0.145. The molecule has 1 aliphatic heterocycles. The minimum atomic E-state index is -1.08. The molecule has 202 valence electrons. The molecule has 0 aromatic rings. The number of urea groups is 1. The molecule has 0 spiro atoms. The summed E-state index contributed by atoms with van der Waals surface area (Å²) in [6.45, 7) is 15.7. The number of likely N-dealkylation sites (tertiary alicyclic amines) is 1. The summed E-state index contributed by atoms with van der Waals surface area (Å²) in [5.41, 5.74) is 4.01. The third kappa shape index (κ3) is 6.00. The second-order valence-corrected chi connectivity index (χ2v) is 13.5. The lowest BCUT2D eigenvalue weighted by Crippen LogP contribution is -2.62. The highest BCUT2D eigenvalue weighted by molar-refractivity contribution is 6.37. The molecule has 0 aromatic heterocycles. The molecule has 2 aliphatic carbocycles. The number of carbonyl (C=O) groups is 5. The molecular weight excluding hydrogens is 462 g/mol. The summed E-state index contributed by atoms with van der Waals surface area (Å²) < 4.78 is 0. The number of fused-ring (bicyclic) bond motifs is 1. The monoisotopic (exact) mass is 505 g/mol. The van der Waals surface area contributed by atoms with Crippen molar-refractivity contribution in [1.82, 2.24) is 20.9 Å². The largest absolute Gasteiger partial charge is 0.363 e. The number of piperidine rings is 1. The average molecular weight is 506 g/mol. The van der Waals surface area contributed by atoms with E-state index < -0.39 is 52.7 Å². The zero-order valence-electron chi connectivity index (χ0n) is 22.9. The van der Waals surface area contributed by atoms with Crippen LogP contribution in [0.15, 0.2) is 0 Å². The normalized spacial score (nSPS) is 26.3. The Morgan fingerprint density at radius 3 is 2.06 bits per heavy atom. The molecule has 5 amide bonds. The fourth-order valence-corrected chi connectivity index (χ4v) is 5.48. The Bertz CT molecular complexity index is 943. The van der Waals surface area contributed by atoms with Gasteiger partial charge in [0, 0.05) is 12.1 Å². The minimum absolute atomic E-state index is 0.0734. The highest BCUT2D eigenvalue weighted by Gasteiger charge is 2.70. The van der Waals surface area contributed by atoms with Gasteiger partial charge in [0.15, 0.2) is 0 Å². The van der Waals surface area contributed by atoms with E-state index in [1.54, 1.807) is 4.90 Å². The number of ketones is 1. The van der Waals surface area contributed by atoms with E-state index in [9.17, 15) is 24.0 Å². The van der Waals surface area contributed by atoms with Crippen LogP contribution in [0.25, 0.3) is 0 Å². The molecule has 36 heavy (non-hydrogen) atoms. The van der Waals surface area contributed by atoms with Crippen LogP contribution in [0.3, 0.4) is 0 Å². The number of amides is 5. The summed E-state index contributed by atoms with van der Waals surface area (Å²) in [5.74, 6) is -2.34. The molecule has 1 saturated heterocycles. The number of nitrogens with two attached hydrogens (primary N) is 1. The number of nitrogens with one attached hydrogen (secondary N) is 3. The molecule has 2 saturated carbocycles. The number of carbonyl (C=O) groups excluding carboxylic acids is 5. The zero-order valence-corrected chi connectivity index (χ0v) is 22.9. The second-order valence-electron chi connectivity index (χ2n) is 13.5. The maximum absolute atomic E-state index is 13.9. The molecule has 5 N–H and O–H groups in total. The Hall–Kier alpha value is -2.65. The molecule has 3 unspecified atom stereocenters. The van der Waals surface area contributed by atoms with Gasteiger partial charge in [-0.1, -0.05) is 47.5 Å². The van der Waals surface area contributed by atoms with Crippen molar-refractivity contribution in [3.63, 3.8) is 0 Å². The van der Waals surface area contributed by atoms with Crippen LogP contribution >= 0.6 is 0 Å². The van der Waals surface area contributed by atoms with Crippen LogP contribution in [-0.4, -0.2) is 64.6 Å². The van der Waals surface area contributed by atoms with Crippen LogP contribution in [0.4, 0.5) is 4.79 Å². The van der Waals surface area contributed by atoms with Crippen molar-refractivity contribution in [2.75, 3.05) is 6.54 Å². The van der Waals surface area contributed by atoms with Crippen molar-refractivity contribution in [3.05, 3.63) is 0 Å². The van der Waals surface area contributed by atoms with E-state index >= 15 is 0 Å². The van der Waals surface area contributed by atoms with Crippen LogP contribution in [0.2, 0.25) is 0 Å². The molecule has 3 fully saturated rings. The molecule has 5 atom stereocenters. The number of Topliss-reactive ketones (excluding diaryl/α,β-unsaturated/α-hetero) is 1. The molecule has 10 nitrogen and oxygen atoms in total. The molecule has 3 aliphatic rings. The van der Waals surface area contributed by atoms with Crippen LogP contribution in [-0.2, 0) is 19.2 Å². The number of primary amides is 1. The van der Waals surface area contributed by atoms with Crippen molar-refractivity contribution in [1.29, 1.82) is 0 Å². The fraction of sp³-hybridized carbons (Fsp3) is 0.808.